The molecule has 1 N–H and O–H groups in total. The van der Waals surface area contributed by atoms with Crippen molar-refractivity contribution >= 4 is 5.91 Å². The fraction of sp³-hybridized carbons (Fsp3) is 0.923. The van der Waals surface area contributed by atoms with E-state index in [1.165, 1.54) is 0 Å². The smallest absolute Gasteiger partial charge is 0.239 e. The Morgan fingerprint density at radius 3 is 2.72 bits per heavy atom. The Hall–Kier alpha value is -0.650. The van der Waals surface area contributed by atoms with E-state index in [0.29, 0.717) is 5.91 Å². The Labute approximate surface area is 109 Å². The molecular formula is C13H25N3O2. The number of piperazine rings is 1. The van der Waals surface area contributed by atoms with E-state index in [1.807, 2.05) is 11.8 Å². The molecule has 2 rings (SSSR count). The number of carbonyl (C=O) groups excluding carboxylic acids is 1. The maximum absolute atomic E-state index is 12.2. The van der Waals surface area contributed by atoms with E-state index < -0.39 is 0 Å². The van der Waals surface area contributed by atoms with E-state index in [1.54, 1.807) is 0 Å². The standard InChI is InChI=1S/C13H25N3O2/c1-2-18-11-10-15-6-8-16(9-7-15)13(17)12-4-3-5-14-12/h12,14H,2-11H2,1H3/t12-/m0/s1. The van der Waals surface area contributed by atoms with Crippen LogP contribution in [0, 0.1) is 0 Å². The number of rotatable bonds is 5. The molecule has 1 atom stereocenters. The highest BCUT2D eigenvalue weighted by Gasteiger charge is 2.28. The van der Waals surface area contributed by atoms with Gasteiger partial charge in [0.15, 0.2) is 0 Å². The third kappa shape index (κ3) is 3.67. The van der Waals surface area contributed by atoms with Crippen LogP contribution < -0.4 is 5.32 Å². The molecule has 18 heavy (non-hydrogen) atoms. The van der Waals surface area contributed by atoms with Crippen LogP contribution in [0.25, 0.3) is 0 Å². The lowest BCUT2D eigenvalue weighted by atomic mass is 10.2. The molecule has 5 heteroatoms. The quantitative estimate of drug-likeness (QED) is 0.698. The highest BCUT2D eigenvalue weighted by molar-refractivity contribution is 5.82. The molecular weight excluding hydrogens is 230 g/mol. The van der Waals surface area contributed by atoms with Crippen LogP contribution in [0.5, 0.6) is 0 Å². The van der Waals surface area contributed by atoms with Gasteiger partial charge in [0.05, 0.1) is 12.6 Å². The van der Waals surface area contributed by atoms with Crippen LogP contribution in [0.4, 0.5) is 0 Å². The summed E-state index contributed by atoms with van der Waals surface area (Å²) in [5.41, 5.74) is 0. The molecule has 0 saturated carbocycles. The molecule has 2 aliphatic rings. The van der Waals surface area contributed by atoms with Gasteiger partial charge in [-0.05, 0) is 26.3 Å². The Bertz CT molecular complexity index is 259. The number of hydrogen-bond donors (Lipinski definition) is 1. The van der Waals surface area contributed by atoms with E-state index in [2.05, 4.69) is 10.2 Å². The van der Waals surface area contributed by atoms with E-state index in [0.717, 1.165) is 65.3 Å². The number of carbonyl (C=O) groups is 1. The summed E-state index contributed by atoms with van der Waals surface area (Å²) in [6.45, 7) is 9.26. The predicted molar refractivity (Wildman–Crippen MR) is 70.5 cm³/mol. The lowest BCUT2D eigenvalue weighted by molar-refractivity contribution is -0.134. The molecule has 0 unspecified atom stereocenters. The first-order chi connectivity index (χ1) is 8.81. The number of nitrogens with zero attached hydrogens (tertiary/aromatic N) is 2. The van der Waals surface area contributed by atoms with Gasteiger partial charge in [0.1, 0.15) is 0 Å². The Balaban J connectivity index is 1.67. The molecule has 0 bridgehead atoms. The number of amides is 1. The molecule has 104 valence electrons. The summed E-state index contributed by atoms with van der Waals surface area (Å²) in [5.74, 6) is 0.303. The molecule has 1 amide bonds. The fourth-order valence-electron chi connectivity index (χ4n) is 2.65. The van der Waals surface area contributed by atoms with E-state index in [4.69, 9.17) is 4.74 Å². The van der Waals surface area contributed by atoms with Crippen LogP contribution in [0.2, 0.25) is 0 Å². The maximum Gasteiger partial charge on any atom is 0.239 e. The molecule has 0 aromatic heterocycles. The van der Waals surface area contributed by atoms with Crippen molar-refractivity contribution in [3.8, 4) is 0 Å². The van der Waals surface area contributed by atoms with Crippen LogP contribution >= 0.6 is 0 Å². The first-order valence-corrected chi connectivity index (χ1v) is 7.13. The summed E-state index contributed by atoms with van der Waals surface area (Å²) in [6, 6.07) is 0.0833. The van der Waals surface area contributed by atoms with Crippen LogP contribution in [-0.4, -0.2) is 74.2 Å². The zero-order valence-electron chi connectivity index (χ0n) is 11.4. The Morgan fingerprint density at radius 2 is 2.11 bits per heavy atom. The minimum atomic E-state index is 0.0833. The summed E-state index contributed by atoms with van der Waals surface area (Å²) in [4.78, 5) is 16.6. The number of ether oxygens (including phenoxy) is 1. The number of nitrogens with one attached hydrogen (secondary N) is 1. The summed E-state index contributed by atoms with van der Waals surface area (Å²) in [7, 11) is 0. The van der Waals surface area contributed by atoms with Crippen molar-refractivity contribution in [1.29, 1.82) is 0 Å². The van der Waals surface area contributed by atoms with Gasteiger partial charge in [0.2, 0.25) is 5.91 Å². The monoisotopic (exact) mass is 255 g/mol. The van der Waals surface area contributed by atoms with Gasteiger partial charge in [-0.15, -0.1) is 0 Å². The SMILES string of the molecule is CCOCCN1CCN(C(=O)[C@@H]2CCCN2)CC1. The summed E-state index contributed by atoms with van der Waals surface area (Å²) in [5, 5.41) is 3.28. The molecule has 5 nitrogen and oxygen atoms in total. The van der Waals surface area contributed by atoms with Gasteiger partial charge in [-0.3, -0.25) is 9.69 Å². The molecule has 0 aromatic carbocycles. The average Bonchev–Trinajstić information content (AvgIpc) is 2.93. The summed E-state index contributed by atoms with van der Waals surface area (Å²) >= 11 is 0. The van der Waals surface area contributed by atoms with Gasteiger partial charge < -0.3 is 15.0 Å². The topological polar surface area (TPSA) is 44.8 Å². The zero-order chi connectivity index (χ0) is 12.8. The minimum Gasteiger partial charge on any atom is -0.380 e. The molecule has 0 radical (unpaired) electrons. The molecule has 2 heterocycles. The van der Waals surface area contributed by atoms with Crippen molar-refractivity contribution < 1.29 is 9.53 Å². The third-order valence-corrected chi connectivity index (χ3v) is 3.80. The second kappa shape index (κ2) is 7.07. The van der Waals surface area contributed by atoms with Gasteiger partial charge in [-0.1, -0.05) is 0 Å². The fourth-order valence-corrected chi connectivity index (χ4v) is 2.65. The van der Waals surface area contributed by atoms with Gasteiger partial charge in [0, 0.05) is 39.3 Å². The lowest BCUT2D eigenvalue weighted by Gasteiger charge is -2.35. The van der Waals surface area contributed by atoms with Crippen molar-refractivity contribution in [3.63, 3.8) is 0 Å². The molecule has 0 aromatic rings. The largest absolute Gasteiger partial charge is 0.380 e. The first-order valence-electron chi connectivity index (χ1n) is 7.13. The van der Waals surface area contributed by atoms with Gasteiger partial charge >= 0.3 is 0 Å². The van der Waals surface area contributed by atoms with Gasteiger partial charge in [-0.25, -0.2) is 0 Å². The van der Waals surface area contributed by atoms with Crippen LogP contribution in [0.15, 0.2) is 0 Å². The van der Waals surface area contributed by atoms with Crippen molar-refractivity contribution in [3.05, 3.63) is 0 Å². The normalized spacial score (nSPS) is 25.6. The van der Waals surface area contributed by atoms with E-state index in [-0.39, 0.29) is 6.04 Å². The van der Waals surface area contributed by atoms with Crippen molar-refractivity contribution in [1.82, 2.24) is 15.1 Å². The summed E-state index contributed by atoms with van der Waals surface area (Å²) < 4.78 is 5.36. The second-order valence-electron chi connectivity index (χ2n) is 5.01. The molecule has 2 saturated heterocycles. The molecule has 2 aliphatic heterocycles. The lowest BCUT2D eigenvalue weighted by Crippen LogP contribution is -2.53. The van der Waals surface area contributed by atoms with Crippen molar-refractivity contribution in [2.45, 2.75) is 25.8 Å². The van der Waals surface area contributed by atoms with Crippen LogP contribution in [0.1, 0.15) is 19.8 Å². The number of hydrogen-bond acceptors (Lipinski definition) is 4. The highest BCUT2D eigenvalue weighted by atomic mass is 16.5. The molecule has 2 fully saturated rings. The zero-order valence-corrected chi connectivity index (χ0v) is 11.4. The van der Waals surface area contributed by atoms with Gasteiger partial charge in [0.25, 0.3) is 0 Å². The Kier molecular flexibility index (Phi) is 5.41. The van der Waals surface area contributed by atoms with Crippen LogP contribution in [-0.2, 0) is 9.53 Å². The van der Waals surface area contributed by atoms with Crippen molar-refractivity contribution in [2.24, 2.45) is 0 Å². The molecule has 0 spiro atoms. The predicted octanol–water partition coefficient (Wildman–Crippen LogP) is -0.0809. The first kappa shape index (κ1) is 13.8. The minimum absolute atomic E-state index is 0.0833. The van der Waals surface area contributed by atoms with E-state index in [9.17, 15) is 4.79 Å². The average molecular weight is 255 g/mol. The molecule has 0 aliphatic carbocycles. The maximum atomic E-state index is 12.2. The summed E-state index contributed by atoms with van der Waals surface area (Å²) in [6.07, 6.45) is 2.13. The third-order valence-electron chi connectivity index (χ3n) is 3.80. The van der Waals surface area contributed by atoms with Crippen molar-refractivity contribution in [2.75, 3.05) is 52.5 Å². The van der Waals surface area contributed by atoms with Crippen LogP contribution in [0.3, 0.4) is 0 Å². The van der Waals surface area contributed by atoms with Gasteiger partial charge in [-0.2, -0.15) is 0 Å². The second-order valence-corrected chi connectivity index (χ2v) is 5.01. The van der Waals surface area contributed by atoms with E-state index >= 15 is 0 Å². The Morgan fingerprint density at radius 1 is 1.33 bits per heavy atom. The highest BCUT2D eigenvalue weighted by Crippen LogP contribution is 2.10.